The summed E-state index contributed by atoms with van der Waals surface area (Å²) in [6.45, 7) is 4.14. The summed E-state index contributed by atoms with van der Waals surface area (Å²) in [5.41, 5.74) is 0.300. The summed E-state index contributed by atoms with van der Waals surface area (Å²) >= 11 is 0. The predicted octanol–water partition coefficient (Wildman–Crippen LogP) is 3.04. The molecule has 1 N–H and O–H groups in total. The lowest BCUT2D eigenvalue weighted by Gasteiger charge is -2.38. The van der Waals surface area contributed by atoms with Crippen LogP contribution in [0.2, 0.25) is 0 Å². The number of Topliss-reactive ketones (excluding diaryl/α,β-unsaturated/α-hetero) is 1. The van der Waals surface area contributed by atoms with Crippen LogP contribution in [-0.4, -0.2) is 40.4 Å². The van der Waals surface area contributed by atoms with Gasteiger partial charge in [0, 0.05) is 12.1 Å². The largest absolute Gasteiger partial charge is 0.481 e. The molecule has 0 aromatic heterocycles. The normalized spacial score (nSPS) is 23.0. The van der Waals surface area contributed by atoms with E-state index in [1.165, 1.54) is 6.07 Å². The first-order valence-corrected chi connectivity index (χ1v) is 8.24. The van der Waals surface area contributed by atoms with Gasteiger partial charge in [0.25, 0.3) is 0 Å². The van der Waals surface area contributed by atoms with Crippen LogP contribution >= 0.6 is 0 Å². The second-order valence-corrected chi connectivity index (χ2v) is 6.61. The number of ketones is 1. The summed E-state index contributed by atoms with van der Waals surface area (Å²) in [7, 11) is 0. The van der Waals surface area contributed by atoms with Gasteiger partial charge >= 0.3 is 5.97 Å². The Labute approximate surface area is 140 Å². The molecule has 1 fully saturated rings. The third kappa shape index (κ3) is 4.38. The Balaban J connectivity index is 2.10. The Morgan fingerprint density at radius 1 is 1.21 bits per heavy atom. The zero-order valence-corrected chi connectivity index (χ0v) is 14.0. The summed E-state index contributed by atoms with van der Waals surface area (Å²) in [5, 5.41) is 9.38. The molecular weight excluding hydrogens is 316 g/mol. The van der Waals surface area contributed by atoms with Crippen molar-refractivity contribution in [1.29, 1.82) is 0 Å². The predicted molar refractivity (Wildman–Crippen MR) is 85.7 cm³/mol. The van der Waals surface area contributed by atoms with E-state index in [0.29, 0.717) is 5.56 Å². The Hall–Kier alpha value is -1.82. The number of halogens is 2. The molecular formula is C18H23F2NO3. The Morgan fingerprint density at radius 3 is 2.38 bits per heavy atom. The summed E-state index contributed by atoms with van der Waals surface area (Å²) in [6, 6.07) is 3.67. The van der Waals surface area contributed by atoms with Crippen molar-refractivity contribution in [2.75, 3.05) is 6.54 Å². The summed E-state index contributed by atoms with van der Waals surface area (Å²) in [6.07, 6.45) is 2.93. The van der Waals surface area contributed by atoms with Crippen LogP contribution < -0.4 is 0 Å². The van der Waals surface area contributed by atoms with E-state index < -0.39 is 29.3 Å². The number of piperidine rings is 1. The minimum Gasteiger partial charge on any atom is -0.481 e. The number of hydrogen-bond acceptors (Lipinski definition) is 3. The molecule has 0 saturated carbocycles. The zero-order valence-electron chi connectivity index (χ0n) is 14.0. The molecule has 0 aliphatic carbocycles. The zero-order chi connectivity index (χ0) is 17.9. The molecule has 4 nitrogen and oxygen atoms in total. The van der Waals surface area contributed by atoms with Crippen molar-refractivity contribution >= 4 is 11.8 Å². The highest BCUT2D eigenvalue weighted by Crippen LogP contribution is 2.23. The van der Waals surface area contributed by atoms with E-state index in [-0.39, 0.29) is 25.0 Å². The first-order chi connectivity index (χ1) is 11.3. The van der Waals surface area contributed by atoms with Crippen molar-refractivity contribution in [1.82, 2.24) is 4.90 Å². The van der Waals surface area contributed by atoms with Gasteiger partial charge in [-0.2, -0.15) is 0 Å². The highest BCUT2D eigenvalue weighted by molar-refractivity contribution is 5.99. The van der Waals surface area contributed by atoms with Crippen molar-refractivity contribution in [3.05, 3.63) is 35.4 Å². The maximum Gasteiger partial charge on any atom is 0.314 e. The van der Waals surface area contributed by atoms with Crippen LogP contribution in [0.4, 0.5) is 8.78 Å². The molecule has 1 aromatic rings. The molecule has 0 amide bonds. The van der Waals surface area contributed by atoms with E-state index in [4.69, 9.17) is 0 Å². The summed E-state index contributed by atoms with van der Waals surface area (Å²) in [5.74, 6) is -4.92. The Bertz CT molecular complexity index is 610. The van der Waals surface area contributed by atoms with Crippen molar-refractivity contribution in [3.8, 4) is 0 Å². The topological polar surface area (TPSA) is 57.6 Å². The molecule has 1 heterocycles. The van der Waals surface area contributed by atoms with Gasteiger partial charge in [-0.25, -0.2) is 8.78 Å². The van der Waals surface area contributed by atoms with Crippen LogP contribution in [0.3, 0.4) is 0 Å². The van der Waals surface area contributed by atoms with Gasteiger partial charge in [-0.15, -0.1) is 0 Å². The lowest BCUT2D eigenvalue weighted by atomic mass is 9.92. The summed E-state index contributed by atoms with van der Waals surface area (Å²) < 4.78 is 26.3. The maximum absolute atomic E-state index is 13.3. The van der Waals surface area contributed by atoms with E-state index in [1.54, 1.807) is 0 Å². The number of aliphatic carboxylic acids is 1. The van der Waals surface area contributed by atoms with E-state index in [1.807, 2.05) is 18.7 Å². The van der Waals surface area contributed by atoms with Gasteiger partial charge in [0.15, 0.2) is 17.4 Å². The number of carbonyl (C=O) groups is 2. The van der Waals surface area contributed by atoms with Crippen LogP contribution in [0.25, 0.3) is 0 Å². The molecule has 1 aliphatic heterocycles. The third-order valence-corrected chi connectivity index (χ3v) is 4.83. The van der Waals surface area contributed by atoms with Crippen molar-refractivity contribution < 1.29 is 23.5 Å². The number of rotatable bonds is 6. The maximum atomic E-state index is 13.3. The molecule has 1 aromatic carbocycles. The fourth-order valence-electron chi connectivity index (χ4n) is 3.32. The fourth-order valence-corrected chi connectivity index (χ4v) is 3.32. The molecule has 0 radical (unpaired) electrons. The minimum atomic E-state index is -1.25. The van der Waals surface area contributed by atoms with Crippen LogP contribution in [0.5, 0.6) is 0 Å². The number of carbonyl (C=O) groups excluding carboxylic acids is 1. The van der Waals surface area contributed by atoms with Crippen molar-refractivity contribution in [3.63, 3.8) is 0 Å². The molecule has 1 unspecified atom stereocenters. The van der Waals surface area contributed by atoms with Gasteiger partial charge in [-0.3, -0.25) is 14.5 Å². The first-order valence-electron chi connectivity index (χ1n) is 8.24. The SMILES string of the molecule is C[C@@H]1CCC[C@H](C)N1CC(=O)C(Cc1ccc(F)c(F)c1)C(=O)O. The van der Waals surface area contributed by atoms with Crippen molar-refractivity contribution in [2.24, 2.45) is 5.92 Å². The van der Waals surface area contributed by atoms with E-state index in [9.17, 15) is 23.5 Å². The molecule has 1 saturated heterocycles. The second kappa shape index (κ2) is 7.83. The van der Waals surface area contributed by atoms with Gasteiger partial charge in [0.2, 0.25) is 0 Å². The van der Waals surface area contributed by atoms with Gasteiger partial charge in [-0.1, -0.05) is 12.5 Å². The number of benzene rings is 1. The average Bonchev–Trinajstić information content (AvgIpc) is 2.51. The van der Waals surface area contributed by atoms with Gasteiger partial charge < -0.3 is 5.11 Å². The summed E-state index contributed by atoms with van der Waals surface area (Å²) in [4.78, 5) is 26.0. The van der Waals surface area contributed by atoms with E-state index in [2.05, 4.69) is 0 Å². The fraction of sp³-hybridized carbons (Fsp3) is 0.556. The molecule has 0 spiro atoms. The van der Waals surface area contributed by atoms with Crippen LogP contribution in [0.15, 0.2) is 18.2 Å². The van der Waals surface area contributed by atoms with E-state index in [0.717, 1.165) is 31.4 Å². The molecule has 6 heteroatoms. The van der Waals surface area contributed by atoms with E-state index >= 15 is 0 Å². The van der Waals surface area contributed by atoms with Crippen molar-refractivity contribution in [2.45, 2.75) is 51.6 Å². The smallest absolute Gasteiger partial charge is 0.314 e. The number of carboxylic acids is 1. The average molecular weight is 339 g/mol. The van der Waals surface area contributed by atoms with Crippen LogP contribution in [0, 0.1) is 17.6 Å². The Morgan fingerprint density at radius 2 is 1.83 bits per heavy atom. The molecule has 132 valence electrons. The highest BCUT2D eigenvalue weighted by Gasteiger charge is 2.32. The minimum absolute atomic E-state index is 0.0724. The van der Waals surface area contributed by atoms with Gasteiger partial charge in [0.05, 0.1) is 6.54 Å². The third-order valence-electron chi connectivity index (χ3n) is 4.83. The standard InChI is InChI=1S/C18H23F2NO3/c1-11-4-3-5-12(2)21(11)10-17(22)14(18(23)24)8-13-6-7-15(19)16(20)9-13/h6-7,9,11-12,14H,3-5,8,10H2,1-2H3,(H,23,24)/t11-,12+,14?. The lowest BCUT2D eigenvalue weighted by molar-refractivity contribution is -0.147. The molecule has 3 atom stereocenters. The van der Waals surface area contributed by atoms with Crippen LogP contribution in [0.1, 0.15) is 38.7 Å². The highest BCUT2D eigenvalue weighted by atomic mass is 19.2. The quantitative estimate of drug-likeness (QED) is 0.810. The monoisotopic (exact) mass is 339 g/mol. The molecule has 2 rings (SSSR count). The molecule has 24 heavy (non-hydrogen) atoms. The Kier molecular flexibility index (Phi) is 6.04. The number of hydrogen-bond donors (Lipinski definition) is 1. The first kappa shape index (κ1) is 18.5. The van der Waals surface area contributed by atoms with Gasteiger partial charge in [0.1, 0.15) is 5.92 Å². The lowest BCUT2D eigenvalue weighted by Crippen LogP contribution is -2.48. The van der Waals surface area contributed by atoms with Crippen LogP contribution in [-0.2, 0) is 16.0 Å². The number of likely N-dealkylation sites (tertiary alicyclic amines) is 1. The number of carboxylic acid groups (broad SMARTS) is 1. The second-order valence-electron chi connectivity index (χ2n) is 6.61. The molecule has 0 bridgehead atoms. The van der Waals surface area contributed by atoms with Gasteiger partial charge in [-0.05, 0) is 50.8 Å². The molecule has 1 aliphatic rings. The number of nitrogens with zero attached hydrogens (tertiary/aromatic N) is 1.